The van der Waals surface area contributed by atoms with Gasteiger partial charge in [0.25, 0.3) is 4.84 Å². The number of allylic oxidation sites excluding steroid dienone is 1. The maximum atomic E-state index is 11.2. The van der Waals surface area contributed by atoms with Gasteiger partial charge in [-0.1, -0.05) is 19.1 Å². The van der Waals surface area contributed by atoms with E-state index in [1.807, 2.05) is 31.2 Å². The minimum atomic E-state index is 0.0622. The fourth-order valence-electron chi connectivity index (χ4n) is 1.40. The molecule has 4 heteroatoms. The van der Waals surface area contributed by atoms with Crippen molar-refractivity contribution < 1.29 is 9.21 Å². The Morgan fingerprint density at radius 1 is 1.50 bits per heavy atom. The van der Waals surface area contributed by atoms with Crippen LogP contribution in [0.1, 0.15) is 13.3 Å². The van der Waals surface area contributed by atoms with Crippen LogP contribution in [0.15, 0.2) is 34.8 Å². The van der Waals surface area contributed by atoms with Crippen molar-refractivity contribution in [3.05, 3.63) is 35.2 Å². The van der Waals surface area contributed by atoms with Crippen LogP contribution in [-0.2, 0) is 4.79 Å². The highest BCUT2D eigenvalue weighted by atomic mass is 32.1. The van der Waals surface area contributed by atoms with Crippen LogP contribution in [0.5, 0.6) is 0 Å². The molecule has 2 rings (SSSR count). The first-order valence-electron chi connectivity index (χ1n) is 5.03. The Morgan fingerprint density at radius 2 is 2.25 bits per heavy atom. The molecule has 0 fully saturated rings. The first-order valence-corrected chi connectivity index (χ1v) is 5.44. The van der Waals surface area contributed by atoms with E-state index >= 15 is 0 Å². The van der Waals surface area contributed by atoms with Crippen molar-refractivity contribution in [3.63, 3.8) is 0 Å². The number of hydrogen-bond acceptors (Lipinski definition) is 3. The maximum absolute atomic E-state index is 11.2. The van der Waals surface area contributed by atoms with Crippen LogP contribution < -0.4 is 0 Å². The van der Waals surface area contributed by atoms with Gasteiger partial charge in [0.2, 0.25) is 0 Å². The molecule has 0 saturated carbocycles. The second-order valence-corrected chi connectivity index (χ2v) is 3.69. The fraction of sp³-hybridized carbons (Fsp3) is 0.167. The molecule has 0 unspecified atom stereocenters. The third-order valence-electron chi connectivity index (χ3n) is 2.28. The number of fused-ring (bicyclic) bond motifs is 1. The molecule has 1 aromatic heterocycles. The average Bonchev–Trinajstić information content (AvgIpc) is 2.62. The van der Waals surface area contributed by atoms with Crippen molar-refractivity contribution in [2.45, 2.75) is 13.3 Å². The van der Waals surface area contributed by atoms with Gasteiger partial charge < -0.3 is 4.42 Å². The smallest absolute Gasteiger partial charge is 0.273 e. The topological polar surface area (TPSA) is 35.1 Å². The van der Waals surface area contributed by atoms with Crippen LogP contribution in [0.2, 0.25) is 0 Å². The summed E-state index contributed by atoms with van der Waals surface area (Å²) >= 11 is 5.07. The Morgan fingerprint density at radius 3 is 3.00 bits per heavy atom. The van der Waals surface area contributed by atoms with Crippen LogP contribution >= 0.6 is 12.2 Å². The largest absolute Gasteiger partial charge is 0.429 e. The summed E-state index contributed by atoms with van der Waals surface area (Å²) in [5.74, 6) is 0.0622. The first-order chi connectivity index (χ1) is 7.72. The van der Waals surface area contributed by atoms with Crippen molar-refractivity contribution in [1.29, 1.82) is 0 Å². The molecule has 0 saturated heterocycles. The van der Waals surface area contributed by atoms with Crippen LogP contribution in [0, 0.1) is 4.84 Å². The molecular formula is C12H11NO2S. The van der Waals surface area contributed by atoms with Gasteiger partial charge in [-0.15, -0.1) is 0 Å². The molecule has 0 aliphatic heterocycles. The summed E-state index contributed by atoms with van der Waals surface area (Å²) < 4.78 is 7.07. The standard InChI is InChI=1S/C12H11NO2S/c1-2-9(14)7-8-13-10-5-3-4-6-11(10)15-12(13)16/h3-8H,2H2,1H3. The zero-order valence-electron chi connectivity index (χ0n) is 8.84. The lowest BCUT2D eigenvalue weighted by Gasteiger charge is -1.93. The molecule has 82 valence electrons. The average molecular weight is 233 g/mol. The number of para-hydroxylation sites is 2. The number of ketones is 1. The molecule has 2 aromatic rings. The van der Waals surface area contributed by atoms with Gasteiger partial charge >= 0.3 is 0 Å². The third-order valence-corrected chi connectivity index (χ3v) is 2.56. The van der Waals surface area contributed by atoms with E-state index < -0.39 is 0 Å². The number of aromatic nitrogens is 1. The van der Waals surface area contributed by atoms with Crippen LogP contribution in [0.4, 0.5) is 0 Å². The molecule has 0 aliphatic rings. The van der Waals surface area contributed by atoms with Crippen molar-refractivity contribution >= 4 is 35.3 Å². The molecule has 1 heterocycles. The van der Waals surface area contributed by atoms with E-state index in [0.717, 1.165) is 11.1 Å². The van der Waals surface area contributed by atoms with Gasteiger partial charge in [-0.05, 0) is 30.4 Å². The number of hydrogen-bond donors (Lipinski definition) is 0. The van der Waals surface area contributed by atoms with Crippen LogP contribution in [0.3, 0.4) is 0 Å². The van der Waals surface area contributed by atoms with E-state index in [4.69, 9.17) is 16.6 Å². The lowest BCUT2D eigenvalue weighted by atomic mass is 10.3. The van der Waals surface area contributed by atoms with Gasteiger partial charge in [0.1, 0.15) is 0 Å². The third kappa shape index (κ3) is 1.97. The molecule has 1 aromatic carbocycles. The number of nitrogens with zero attached hydrogens (tertiary/aromatic N) is 1. The predicted octanol–water partition coefficient (Wildman–Crippen LogP) is 3.41. The van der Waals surface area contributed by atoms with Gasteiger partial charge in [-0.2, -0.15) is 0 Å². The Bertz CT molecular complexity index is 607. The Labute approximate surface area is 98.0 Å². The van der Waals surface area contributed by atoms with Gasteiger partial charge in [-0.3, -0.25) is 9.36 Å². The number of rotatable bonds is 3. The molecule has 0 spiro atoms. The summed E-state index contributed by atoms with van der Waals surface area (Å²) in [6, 6.07) is 7.52. The monoisotopic (exact) mass is 233 g/mol. The lowest BCUT2D eigenvalue weighted by Crippen LogP contribution is -1.91. The van der Waals surface area contributed by atoms with E-state index in [1.165, 1.54) is 6.08 Å². The van der Waals surface area contributed by atoms with E-state index in [1.54, 1.807) is 10.8 Å². The van der Waals surface area contributed by atoms with Crippen molar-refractivity contribution in [3.8, 4) is 0 Å². The first kappa shape index (κ1) is 10.8. The molecule has 0 atom stereocenters. The van der Waals surface area contributed by atoms with Gasteiger partial charge in [-0.25, -0.2) is 0 Å². The van der Waals surface area contributed by atoms with Crippen molar-refractivity contribution in [2.24, 2.45) is 0 Å². The molecule has 0 aliphatic carbocycles. The fourth-order valence-corrected chi connectivity index (χ4v) is 1.65. The highest BCUT2D eigenvalue weighted by Crippen LogP contribution is 2.17. The Hall–Kier alpha value is -1.68. The molecule has 0 bridgehead atoms. The number of carbonyl (C=O) groups is 1. The molecular weight excluding hydrogens is 222 g/mol. The molecule has 3 nitrogen and oxygen atoms in total. The molecule has 0 amide bonds. The normalized spacial score (nSPS) is 11.3. The SMILES string of the molecule is CCC(=O)C=Cn1c(=S)oc2ccccc21. The zero-order chi connectivity index (χ0) is 11.5. The van der Waals surface area contributed by atoms with E-state index in [9.17, 15) is 4.79 Å². The summed E-state index contributed by atoms with van der Waals surface area (Å²) in [4.78, 5) is 11.5. The Balaban J connectivity index is 2.52. The van der Waals surface area contributed by atoms with E-state index in [-0.39, 0.29) is 5.78 Å². The van der Waals surface area contributed by atoms with Crippen LogP contribution in [0.25, 0.3) is 17.3 Å². The number of oxazole rings is 1. The van der Waals surface area contributed by atoms with Crippen molar-refractivity contribution in [2.75, 3.05) is 0 Å². The van der Waals surface area contributed by atoms with Gasteiger partial charge in [0.05, 0.1) is 5.52 Å². The highest BCUT2D eigenvalue weighted by Gasteiger charge is 2.02. The summed E-state index contributed by atoms with van der Waals surface area (Å²) in [5, 5.41) is 0. The second-order valence-electron chi connectivity index (χ2n) is 3.34. The van der Waals surface area contributed by atoms with Gasteiger partial charge in [0, 0.05) is 12.6 Å². The summed E-state index contributed by atoms with van der Waals surface area (Å²) in [5.41, 5.74) is 1.59. The van der Waals surface area contributed by atoms with E-state index in [0.29, 0.717) is 11.3 Å². The zero-order valence-corrected chi connectivity index (χ0v) is 9.66. The molecule has 0 N–H and O–H groups in total. The van der Waals surface area contributed by atoms with E-state index in [2.05, 4.69) is 0 Å². The highest BCUT2D eigenvalue weighted by molar-refractivity contribution is 7.71. The molecule has 16 heavy (non-hydrogen) atoms. The number of benzene rings is 1. The minimum absolute atomic E-state index is 0.0622. The van der Waals surface area contributed by atoms with Crippen molar-refractivity contribution in [1.82, 2.24) is 4.57 Å². The molecule has 0 radical (unpaired) electrons. The summed E-state index contributed by atoms with van der Waals surface area (Å²) in [6.45, 7) is 1.82. The summed E-state index contributed by atoms with van der Waals surface area (Å²) in [6.07, 6.45) is 3.65. The minimum Gasteiger partial charge on any atom is -0.429 e. The quantitative estimate of drug-likeness (QED) is 0.602. The van der Waals surface area contributed by atoms with Crippen LogP contribution in [-0.4, -0.2) is 10.4 Å². The maximum Gasteiger partial charge on any atom is 0.273 e. The second kappa shape index (κ2) is 4.45. The Kier molecular flexibility index (Phi) is 3.01. The predicted molar refractivity (Wildman–Crippen MR) is 65.7 cm³/mol. The van der Waals surface area contributed by atoms with Gasteiger partial charge in [0.15, 0.2) is 11.4 Å². The number of carbonyl (C=O) groups excluding carboxylic acids is 1. The summed E-state index contributed by atoms with van der Waals surface area (Å²) in [7, 11) is 0. The lowest BCUT2D eigenvalue weighted by molar-refractivity contribution is -0.114.